The van der Waals surface area contributed by atoms with Gasteiger partial charge in [-0.1, -0.05) is 32.9 Å². The van der Waals surface area contributed by atoms with Crippen LogP contribution in [0.2, 0.25) is 0 Å². The molecule has 4 heteroatoms. The predicted molar refractivity (Wildman–Crippen MR) is 68.8 cm³/mol. The van der Waals surface area contributed by atoms with Crippen molar-refractivity contribution in [1.82, 2.24) is 5.32 Å². The maximum absolute atomic E-state index is 11.7. The lowest BCUT2D eigenvalue weighted by atomic mass is 9.96. The number of hydrogen-bond acceptors (Lipinski definition) is 3. The Morgan fingerprint density at radius 2 is 2.00 bits per heavy atom. The number of hydrogen-bond donors (Lipinski definition) is 1. The first-order chi connectivity index (χ1) is 8.47. The number of ether oxygens (including phenoxy) is 2. The number of fused-ring (bicyclic) bond motifs is 1. The molecular formula is C14H19NO3. The number of para-hydroxylation sites is 2. The van der Waals surface area contributed by atoms with E-state index in [0.717, 1.165) is 11.5 Å². The van der Waals surface area contributed by atoms with Crippen molar-refractivity contribution in [2.75, 3.05) is 13.2 Å². The Kier molecular flexibility index (Phi) is 3.45. The lowest BCUT2D eigenvalue weighted by molar-refractivity contribution is -0.129. The van der Waals surface area contributed by atoms with Crippen molar-refractivity contribution in [3.63, 3.8) is 0 Å². The van der Waals surface area contributed by atoms with Gasteiger partial charge in [-0.2, -0.15) is 0 Å². The number of nitrogens with one attached hydrogen (secondary N) is 1. The molecule has 0 radical (unpaired) electrons. The summed E-state index contributed by atoms with van der Waals surface area (Å²) in [5, 5.41) is 2.88. The number of carbonyl (C=O) groups is 1. The molecule has 0 fully saturated rings. The molecule has 1 N–H and O–H groups in total. The Bertz CT molecular complexity index is 437. The van der Waals surface area contributed by atoms with E-state index in [4.69, 9.17) is 9.47 Å². The lowest BCUT2D eigenvalue weighted by Crippen LogP contribution is -2.44. The molecule has 0 bridgehead atoms. The van der Waals surface area contributed by atoms with Crippen LogP contribution in [-0.2, 0) is 4.79 Å². The highest BCUT2D eigenvalue weighted by Crippen LogP contribution is 2.30. The van der Waals surface area contributed by atoms with E-state index in [1.54, 1.807) is 0 Å². The molecule has 1 aliphatic heterocycles. The van der Waals surface area contributed by atoms with Crippen LogP contribution < -0.4 is 14.8 Å². The Morgan fingerprint density at radius 3 is 2.67 bits per heavy atom. The van der Waals surface area contributed by atoms with Crippen LogP contribution in [-0.4, -0.2) is 25.2 Å². The summed E-state index contributed by atoms with van der Waals surface area (Å²) in [6.45, 7) is 6.58. The van der Waals surface area contributed by atoms with Crippen molar-refractivity contribution in [1.29, 1.82) is 0 Å². The predicted octanol–water partition coefficient (Wildman–Crippen LogP) is 1.99. The van der Waals surface area contributed by atoms with Gasteiger partial charge >= 0.3 is 0 Å². The summed E-state index contributed by atoms with van der Waals surface area (Å²) in [6.07, 6.45) is -0.133. The number of benzene rings is 1. The molecule has 1 heterocycles. The van der Waals surface area contributed by atoms with Crippen LogP contribution in [0.3, 0.4) is 0 Å². The molecule has 98 valence electrons. The Morgan fingerprint density at radius 1 is 1.33 bits per heavy atom. The van der Waals surface area contributed by atoms with Crippen LogP contribution in [0.4, 0.5) is 0 Å². The maximum Gasteiger partial charge on any atom is 0.225 e. The number of rotatable bonds is 2. The highest BCUT2D eigenvalue weighted by atomic mass is 16.6. The van der Waals surface area contributed by atoms with Gasteiger partial charge in [-0.3, -0.25) is 4.79 Å². The summed E-state index contributed by atoms with van der Waals surface area (Å²) in [6, 6.07) is 7.55. The molecular weight excluding hydrogens is 230 g/mol. The highest BCUT2D eigenvalue weighted by Gasteiger charge is 2.25. The van der Waals surface area contributed by atoms with Crippen LogP contribution in [0.25, 0.3) is 0 Å². The first-order valence-corrected chi connectivity index (χ1v) is 6.13. The topological polar surface area (TPSA) is 47.6 Å². The summed E-state index contributed by atoms with van der Waals surface area (Å²) in [5.74, 6) is 1.51. The molecule has 1 aromatic carbocycles. The second-order valence-corrected chi connectivity index (χ2v) is 5.46. The molecule has 2 rings (SSSR count). The minimum absolute atomic E-state index is 0.0185. The van der Waals surface area contributed by atoms with Gasteiger partial charge in [0.15, 0.2) is 11.5 Å². The van der Waals surface area contributed by atoms with Crippen molar-refractivity contribution < 1.29 is 14.3 Å². The minimum atomic E-state index is -0.382. The van der Waals surface area contributed by atoms with Crippen molar-refractivity contribution in [2.45, 2.75) is 26.9 Å². The second kappa shape index (κ2) is 4.88. The van der Waals surface area contributed by atoms with Gasteiger partial charge in [0.25, 0.3) is 0 Å². The molecule has 0 spiro atoms. The Balaban J connectivity index is 1.89. The van der Waals surface area contributed by atoms with Gasteiger partial charge in [0.1, 0.15) is 12.7 Å². The van der Waals surface area contributed by atoms with E-state index in [-0.39, 0.29) is 17.4 Å². The highest BCUT2D eigenvalue weighted by molar-refractivity contribution is 5.81. The van der Waals surface area contributed by atoms with Gasteiger partial charge in [-0.05, 0) is 12.1 Å². The summed E-state index contributed by atoms with van der Waals surface area (Å²) in [5.41, 5.74) is -0.382. The molecule has 0 aliphatic carbocycles. The van der Waals surface area contributed by atoms with Gasteiger partial charge in [0.2, 0.25) is 5.91 Å². The zero-order chi connectivity index (χ0) is 13.2. The normalized spacial score (nSPS) is 18.3. The standard InChI is InChI=1S/C14H19NO3/c1-14(2,3)13(16)15-8-10-9-17-11-6-4-5-7-12(11)18-10/h4-7,10H,8-9H2,1-3H3,(H,15,16). The quantitative estimate of drug-likeness (QED) is 0.872. The van der Waals surface area contributed by atoms with Gasteiger partial charge in [-0.15, -0.1) is 0 Å². The average molecular weight is 249 g/mol. The van der Waals surface area contributed by atoms with E-state index < -0.39 is 0 Å². The van der Waals surface area contributed by atoms with E-state index >= 15 is 0 Å². The Hall–Kier alpha value is -1.71. The third-order valence-electron chi connectivity index (χ3n) is 2.74. The number of carbonyl (C=O) groups excluding carboxylic acids is 1. The van der Waals surface area contributed by atoms with Crippen molar-refractivity contribution in [3.05, 3.63) is 24.3 Å². The van der Waals surface area contributed by atoms with Crippen LogP contribution in [0, 0.1) is 5.41 Å². The van der Waals surface area contributed by atoms with Gasteiger partial charge < -0.3 is 14.8 Å². The summed E-state index contributed by atoms with van der Waals surface area (Å²) in [7, 11) is 0. The summed E-state index contributed by atoms with van der Waals surface area (Å²) in [4.78, 5) is 11.7. The fourth-order valence-corrected chi connectivity index (χ4v) is 1.64. The molecule has 0 saturated heterocycles. The summed E-state index contributed by atoms with van der Waals surface area (Å²) < 4.78 is 11.3. The molecule has 0 aromatic heterocycles. The smallest absolute Gasteiger partial charge is 0.225 e. The van der Waals surface area contributed by atoms with E-state index in [2.05, 4.69) is 5.32 Å². The van der Waals surface area contributed by atoms with Crippen LogP contribution in [0.15, 0.2) is 24.3 Å². The van der Waals surface area contributed by atoms with E-state index in [9.17, 15) is 4.79 Å². The maximum atomic E-state index is 11.7. The molecule has 1 aromatic rings. The molecule has 1 unspecified atom stereocenters. The molecule has 1 amide bonds. The van der Waals surface area contributed by atoms with Crippen LogP contribution in [0.5, 0.6) is 11.5 Å². The van der Waals surface area contributed by atoms with Gasteiger partial charge in [0, 0.05) is 5.41 Å². The largest absolute Gasteiger partial charge is 0.486 e. The molecule has 0 saturated carbocycles. The number of amides is 1. The van der Waals surface area contributed by atoms with Crippen molar-refractivity contribution in [3.8, 4) is 11.5 Å². The first kappa shape index (κ1) is 12.7. The third kappa shape index (κ3) is 2.94. The Labute approximate surface area is 107 Å². The van der Waals surface area contributed by atoms with Crippen LogP contribution in [0.1, 0.15) is 20.8 Å². The fourth-order valence-electron chi connectivity index (χ4n) is 1.64. The molecule has 1 atom stereocenters. The molecule has 4 nitrogen and oxygen atoms in total. The van der Waals surface area contributed by atoms with Crippen LogP contribution >= 0.6 is 0 Å². The monoisotopic (exact) mass is 249 g/mol. The van der Waals surface area contributed by atoms with Gasteiger partial charge in [-0.25, -0.2) is 0 Å². The first-order valence-electron chi connectivity index (χ1n) is 6.13. The zero-order valence-corrected chi connectivity index (χ0v) is 11.0. The van der Waals surface area contributed by atoms with E-state index in [1.165, 1.54) is 0 Å². The third-order valence-corrected chi connectivity index (χ3v) is 2.74. The van der Waals surface area contributed by atoms with Crippen molar-refractivity contribution in [2.24, 2.45) is 5.41 Å². The second-order valence-electron chi connectivity index (χ2n) is 5.46. The SMILES string of the molecule is CC(C)(C)C(=O)NCC1COc2ccccc2O1. The molecule has 18 heavy (non-hydrogen) atoms. The zero-order valence-electron chi connectivity index (χ0n) is 11.0. The lowest BCUT2D eigenvalue weighted by Gasteiger charge is -2.27. The van der Waals surface area contributed by atoms with E-state index in [1.807, 2.05) is 45.0 Å². The molecule has 1 aliphatic rings. The average Bonchev–Trinajstić information content (AvgIpc) is 2.34. The fraction of sp³-hybridized carbons (Fsp3) is 0.500. The van der Waals surface area contributed by atoms with Gasteiger partial charge in [0.05, 0.1) is 6.54 Å². The summed E-state index contributed by atoms with van der Waals surface area (Å²) >= 11 is 0. The minimum Gasteiger partial charge on any atom is -0.486 e. The van der Waals surface area contributed by atoms with Crippen molar-refractivity contribution >= 4 is 5.91 Å². The van der Waals surface area contributed by atoms with E-state index in [0.29, 0.717) is 13.2 Å².